The number of nitrogens with zero attached hydrogens (tertiary/aromatic N) is 1. The van der Waals surface area contributed by atoms with E-state index in [1.54, 1.807) is 6.07 Å². The molecule has 19 heavy (non-hydrogen) atoms. The van der Waals surface area contributed by atoms with Gasteiger partial charge in [0.15, 0.2) is 0 Å². The number of anilines is 1. The summed E-state index contributed by atoms with van der Waals surface area (Å²) in [5.41, 5.74) is 6.07. The lowest BCUT2D eigenvalue weighted by Gasteiger charge is -2.31. The average molecular weight is 321 g/mol. The Kier molecular flexibility index (Phi) is 4.66. The van der Waals surface area contributed by atoms with Crippen LogP contribution in [-0.2, 0) is 10.0 Å². The van der Waals surface area contributed by atoms with E-state index in [0.29, 0.717) is 24.0 Å². The number of sulfonamides is 1. The number of hydrogen-bond donors (Lipinski definition) is 1. The Labute approximate surface area is 123 Å². The van der Waals surface area contributed by atoms with E-state index in [1.807, 2.05) is 11.8 Å². The van der Waals surface area contributed by atoms with Crippen molar-refractivity contribution in [3.63, 3.8) is 0 Å². The molecule has 0 amide bonds. The van der Waals surface area contributed by atoms with Crippen LogP contribution in [0.5, 0.6) is 0 Å². The van der Waals surface area contributed by atoms with Crippen LogP contribution >= 0.6 is 23.4 Å². The van der Waals surface area contributed by atoms with Crippen molar-refractivity contribution in [1.82, 2.24) is 4.31 Å². The van der Waals surface area contributed by atoms with Gasteiger partial charge in [-0.15, -0.1) is 0 Å². The molecule has 0 aliphatic carbocycles. The Balaban J connectivity index is 2.34. The summed E-state index contributed by atoms with van der Waals surface area (Å²) in [6, 6.07) is 4.56. The first kappa shape index (κ1) is 15.0. The first-order valence-corrected chi connectivity index (χ1v) is 8.98. The molecule has 1 unspecified atom stereocenters. The Morgan fingerprint density at radius 3 is 2.95 bits per heavy atom. The molecular formula is C12H17ClN2O2S2. The maximum atomic E-state index is 12.6. The molecular weight excluding hydrogens is 304 g/mol. The Bertz CT molecular complexity index is 563. The summed E-state index contributed by atoms with van der Waals surface area (Å²) in [6.07, 6.45) is 0.960. The van der Waals surface area contributed by atoms with Crippen LogP contribution in [0.25, 0.3) is 0 Å². The van der Waals surface area contributed by atoms with Crippen LogP contribution in [0.3, 0.4) is 0 Å². The van der Waals surface area contributed by atoms with Gasteiger partial charge in [0, 0.05) is 29.8 Å². The fraction of sp³-hybridized carbons (Fsp3) is 0.500. The third-order valence-corrected chi connectivity index (χ3v) is 6.85. The van der Waals surface area contributed by atoms with Gasteiger partial charge in [-0.05, 0) is 24.6 Å². The molecule has 1 heterocycles. The highest BCUT2D eigenvalue weighted by Crippen LogP contribution is 2.30. The van der Waals surface area contributed by atoms with Crippen molar-refractivity contribution in [3.8, 4) is 0 Å². The van der Waals surface area contributed by atoms with Crippen LogP contribution in [0.15, 0.2) is 23.1 Å². The molecule has 1 fully saturated rings. The number of halogens is 1. The van der Waals surface area contributed by atoms with Gasteiger partial charge in [-0.3, -0.25) is 0 Å². The number of nitrogen functional groups attached to an aromatic ring is 1. The summed E-state index contributed by atoms with van der Waals surface area (Å²) in [5.74, 6) is 0.817. The highest BCUT2D eigenvalue weighted by atomic mass is 35.5. The molecule has 1 saturated heterocycles. The Morgan fingerprint density at radius 1 is 1.53 bits per heavy atom. The summed E-state index contributed by atoms with van der Waals surface area (Å²) in [7, 11) is -3.55. The molecule has 106 valence electrons. The van der Waals surface area contributed by atoms with Crippen LogP contribution in [0.1, 0.15) is 13.3 Å². The van der Waals surface area contributed by atoms with Gasteiger partial charge in [0.25, 0.3) is 0 Å². The standard InChI is InChI=1S/C12H17ClN2O2S2/c1-2-10-8-15(5-6-18-10)19(16,17)12-7-9(14)3-4-11(12)13/h3-4,7,10H,2,5-6,8,14H2,1H3. The summed E-state index contributed by atoms with van der Waals surface area (Å²) >= 11 is 7.83. The highest BCUT2D eigenvalue weighted by molar-refractivity contribution is 8.00. The number of nitrogens with two attached hydrogens (primary N) is 1. The first-order chi connectivity index (χ1) is 8.95. The van der Waals surface area contributed by atoms with Crippen LogP contribution in [0.4, 0.5) is 5.69 Å². The van der Waals surface area contributed by atoms with Gasteiger partial charge >= 0.3 is 0 Å². The first-order valence-electron chi connectivity index (χ1n) is 6.12. The van der Waals surface area contributed by atoms with Gasteiger partial charge in [-0.25, -0.2) is 8.42 Å². The second kappa shape index (κ2) is 5.91. The number of hydrogen-bond acceptors (Lipinski definition) is 4. The zero-order valence-electron chi connectivity index (χ0n) is 10.7. The lowest BCUT2D eigenvalue weighted by molar-refractivity contribution is 0.416. The topological polar surface area (TPSA) is 63.4 Å². The second-order valence-electron chi connectivity index (χ2n) is 4.45. The SMILES string of the molecule is CCC1CN(S(=O)(=O)c2cc(N)ccc2Cl)CCS1. The van der Waals surface area contributed by atoms with E-state index in [9.17, 15) is 8.42 Å². The van der Waals surface area contributed by atoms with Crippen LogP contribution < -0.4 is 5.73 Å². The summed E-state index contributed by atoms with van der Waals surface area (Å²) in [4.78, 5) is 0.107. The van der Waals surface area contributed by atoms with E-state index >= 15 is 0 Å². The maximum absolute atomic E-state index is 12.6. The van der Waals surface area contributed by atoms with Gasteiger partial charge in [0.05, 0.1) is 5.02 Å². The molecule has 2 rings (SSSR count). The van der Waals surface area contributed by atoms with Gasteiger partial charge in [-0.1, -0.05) is 18.5 Å². The average Bonchev–Trinajstić information content (AvgIpc) is 2.41. The Hall–Kier alpha value is -0.430. The molecule has 1 aromatic rings. The van der Waals surface area contributed by atoms with E-state index in [2.05, 4.69) is 6.92 Å². The van der Waals surface area contributed by atoms with Crippen molar-refractivity contribution >= 4 is 39.1 Å². The molecule has 0 radical (unpaired) electrons. The number of benzene rings is 1. The molecule has 1 atom stereocenters. The molecule has 1 aromatic carbocycles. The normalized spacial score (nSPS) is 21.5. The van der Waals surface area contributed by atoms with Gasteiger partial charge in [0.2, 0.25) is 10.0 Å². The lowest BCUT2D eigenvalue weighted by atomic mass is 10.3. The van der Waals surface area contributed by atoms with Crippen molar-refractivity contribution in [2.45, 2.75) is 23.5 Å². The fourth-order valence-electron chi connectivity index (χ4n) is 2.01. The van der Waals surface area contributed by atoms with E-state index in [-0.39, 0.29) is 9.92 Å². The zero-order chi connectivity index (χ0) is 14.0. The van der Waals surface area contributed by atoms with Gasteiger partial charge < -0.3 is 5.73 Å². The molecule has 0 bridgehead atoms. The van der Waals surface area contributed by atoms with Crippen LogP contribution in [0, 0.1) is 0 Å². The minimum Gasteiger partial charge on any atom is -0.399 e. The molecule has 4 nitrogen and oxygen atoms in total. The van der Waals surface area contributed by atoms with E-state index in [1.165, 1.54) is 16.4 Å². The molecule has 0 spiro atoms. The lowest BCUT2D eigenvalue weighted by Crippen LogP contribution is -2.41. The maximum Gasteiger partial charge on any atom is 0.244 e. The second-order valence-corrected chi connectivity index (χ2v) is 8.18. The van der Waals surface area contributed by atoms with Gasteiger partial charge in [0.1, 0.15) is 4.90 Å². The largest absolute Gasteiger partial charge is 0.399 e. The number of rotatable bonds is 3. The van der Waals surface area contributed by atoms with E-state index in [0.717, 1.165) is 12.2 Å². The predicted molar refractivity (Wildman–Crippen MR) is 81.2 cm³/mol. The van der Waals surface area contributed by atoms with Crippen molar-refractivity contribution in [3.05, 3.63) is 23.2 Å². The zero-order valence-corrected chi connectivity index (χ0v) is 13.1. The van der Waals surface area contributed by atoms with Crippen LogP contribution in [-0.4, -0.2) is 36.8 Å². The quantitative estimate of drug-likeness (QED) is 0.869. The van der Waals surface area contributed by atoms with Crippen LogP contribution in [0.2, 0.25) is 5.02 Å². The fourth-order valence-corrected chi connectivity index (χ4v) is 5.40. The van der Waals surface area contributed by atoms with Crippen molar-refractivity contribution in [1.29, 1.82) is 0 Å². The van der Waals surface area contributed by atoms with E-state index in [4.69, 9.17) is 17.3 Å². The smallest absolute Gasteiger partial charge is 0.244 e. The van der Waals surface area contributed by atoms with E-state index < -0.39 is 10.0 Å². The molecule has 1 aliphatic heterocycles. The Morgan fingerprint density at radius 2 is 2.26 bits per heavy atom. The monoisotopic (exact) mass is 320 g/mol. The highest BCUT2D eigenvalue weighted by Gasteiger charge is 2.31. The van der Waals surface area contributed by atoms with Gasteiger partial charge in [-0.2, -0.15) is 16.1 Å². The third kappa shape index (κ3) is 3.18. The minimum atomic E-state index is -3.55. The molecule has 0 saturated carbocycles. The van der Waals surface area contributed by atoms with Crippen molar-refractivity contribution < 1.29 is 8.42 Å². The summed E-state index contributed by atoms with van der Waals surface area (Å²) in [5, 5.41) is 0.573. The predicted octanol–water partition coefficient (Wildman–Crippen LogP) is 2.44. The molecule has 1 aliphatic rings. The third-order valence-electron chi connectivity index (χ3n) is 3.13. The molecule has 7 heteroatoms. The van der Waals surface area contributed by atoms with Crippen molar-refractivity contribution in [2.75, 3.05) is 24.6 Å². The molecule has 2 N–H and O–H groups in total. The number of thioether (sulfide) groups is 1. The molecule has 0 aromatic heterocycles. The van der Waals surface area contributed by atoms with Crippen molar-refractivity contribution in [2.24, 2.45) is 0 Å². The minimum absolute atomic E-state index is 0.107. The summed E-state index contributed by atoms with van der Waals surface area (Å²) in [6.45, 7) is 3.13. The summed E-state index contributed by atoms with van der Waals surface area (Å²) < 4.78 is 26.7.